The molecule has 3 saturated carbocycles. The summed E-state index contributed by atoms with van der Waals surface area (Å²) in [4.78, 5) is 68.4. The molecule has 57 heavy (non-hydrogen) atoms. The summed E-state index contributed by atoms with van der Waals surface area (Å²) in [5.74, 6) is -1.47. The molecule has 6 unspecified atom stereocenters. The molecule has 1 aromatic carbocycles. The smallest absolute Gasteiger partial charge is 0.408 e. The van der Waals surface area contributed by atoms with Crippen LogP contribution in [-0.2, 0) is 35.6 Å². The molecule has 1 aromatic heterocycles. The molecule has 2 bridgehead atoms. The summed E-state index contributed by atoms with van der Waals surface area (Å²) in [6.45, 7) is 5.50. The van der Waals surface area contributed by atoms with Crippen molar-refractivity contribution in [1.29, 1.82) is 0 Å². The molecule has 1 saturated heterocycles. The Labute approximate surface area is 335 Å². The van der Waals surface area contributed by atoms with E-state index in [9.17, 15) is 27.6 Å². The number of alkyl carbamates (subject to hydrolysis) is 1. The molecule has 14 nitrogen and oxygen atoms in total. The zero-order valence-corrected chi connectivity index (χ0v) is 33.9. The second kappa shape index (κ2) is 17.7. The lowest BCUT2D eigenvalue weighted by molar-refractivity contribution is -0.143. The van der Waals surface area contributed by atoms with Gasteiger partial charge in [0.05, 0.1) is 22.8 Å². The quantitative estimate of drug-likeness (QED) is 0.278. The predicted octanol–water partition coefficient (Wildman–Crippen LogP) is 5.39. The van der Waals surface area contributed by atoms with Gasteiger partial charge in [0.25, 0.3) is 5.91 Å². The molecule has 2 aliphatic heterocycles. The largest absolute Gasteiger partial charge is 0.471 e. The summed E-state index contributed by atoms with van der Waals surface area (Å²) < 4.78 is 40.7. The Balaban J connectivity index is 1.23. The fraction of sp³-hybridized carbons (Fsp3) is 0.667. The second-order valence-corrected chi connectivity index (χ2v) is 18.8. The maximum atomic E-state index is 15.0. The number of hydrogen-bond donors (Lipinski definition) is 3. The van der Waals surface area contributed by atoms with Crippen molar-refractivity contribution in [2.45, 2.75) is 158 Å². The van der Waals surface area contributed by atoms with Crippen molar-refractivity contribution in [2.24, 2.45) is 11.8 Å². The number of amides is 4. The molecular weight excluding hydrogens is 749 g/mol. The highest BCUT2D eigenvalue weighted by Crippen LogP contribution is 2.35. The number of carbonyl (C=O) groups excluding carboxylic acids is 4. The van der Waals surface area contributed by atoms with Crippen molar-refractivity contribution in [3.63, 3.8) is 0 Å². The fourth-order valence-electron chi connectivity index (χ4n) is 9.35. The maximum Gasteiger partial charge on any atom is 0.408 e. The third kappa shape index (κ3) is 9.39. The van der Waals surface area contributed by atoms with Gasteiger partial charge in [-0.05, 0) is 101 Å². The molecule has 3 N–H and O–H groups in total. The highest BCUT2D eigenvalue weighted by molar-refractivity contribution is 7.91. The Morgan fingerprint density at radius 1 is 0.930 bits per heavy atom. The Bertz CT molecular complexity index is 1930. The number of fused-ring (bicyclic) bond motifs is 5. The Morgan fingerprint density at radius 3 is 2.32 bits per heavy atom. The van der Waals surface area contributed by atoms with Crippen LogP contribution in [0.2, 0.25) is 0 Å². The van der Waals surface area contributed by atoms with Crippen molar-refractivity contribution in [3.8, 4) is 5.88 Å². The summed E-state index contributed by atoms with van der Waals surface area (Å²) in [7, 11) is -3.93. The molecule has 0 spiro atoms. The normalized spacial score (nSPS) is 27.7. The number of sulfonamides is 1. The Morgan fingerprint density at radius 2 is 1.61 bits per heavy atom. The molecule has 4 amide bonds. The highest BCUT2D eigenvalue weighted by Gasteiger charge is 2.49. The SMILES string of the molecule is C=CCC(CC)(NC(=O)C1CC2CN1C(=O)C(C1CCCCC1)NC(=O)OC1CCCC1CCCCCc1nc3ccccc3nc1O2)C(=O)NS(=O)(=O)C1CC1. The van der Waals surface area contributed by atoms with E-state index in [2.05, 4.69) is 21.9 Å². The summed E-state index contributed by atoms with van der Waals surface area (Å²) in [6.07, 6.45) is 12.4. The van der Waals surface area contributed by atoms with Crippen LogP contribution < -0.4 is 20.1 Å². The summed E-state index contributed by atoms with van der Waals surface area (Å²) >= 11 is 0. The number of ether oxygens (including phenoxy) is 2. The number of carbonyl (C=O) groups is 4. The van der Waals surface area contributed by atoms with Crippen LogP contribution in [0, 0.1) is 11.8 Å². The van der Waals surface area contributed by atoms with Gasteiger partial charge in [-0.2, -0.15) is 0 Å². The van der Waals surface area contributed by atoms with Crippen LogP contribution in [0.15, 0.2) is 36.9 Å². The van der Waals surface area contributed by atoms with Gasteiger partial charge in [0.2, 0.25) is 27.7 Å². The van der Waals surface area contributed by atoms with E-state index in [1.54, 1.807) is 6.92 Å². The first kappa shape index (κ1) is 40.9. The zero-order chi connectivity index (χ0) is 40.2. The van der Waals surface area contributed by atoms with E-state index in [1.807, 2.05) is 24.3 Å². The van der Waals surface area contributed by atoms with E-state index in [-0.39, 0.29) is 43.7 Å². The van der Waals surface area contributed by atoms with Crippen LogP contribution in [-0.4, -0.2) is 88.7 Å². The molecule has 310 valence electrons. The lowest BCUT2D eigenvalue weighted by Crippen LogP contribution is -2.63. The number of aromatic nitrogens is 2. The fourth-order valence-corrected chi connectivity index (χ4v) is 10.7. The lowest BCUT2D eigenvalue weighted by atomic mass is 9.83. The molecular formula is C42H58N6O8S. The second-order valence-electron chi connectivity index (χ2n) is 16.8. The van der Waals surface area contributed by atoms with Crippen molar-refractivity contribution in [1.82, 2.24) is 30.2 Å². The Kier molecular flexibility index (Phi) is 12.7. The van der Waals surface area contributed by atoms with Crippen molar-refractivity contribution < 1.29 is 37.1 Å². The highest BCUT2D eigenvalue weighted by atomic mass is 32.2. The maximum absolute atomic E-state index is 15.0. The van der Waals surface area contributed by atoms with Gasteiger partial charge in [-0.15, -0.1) is 6.58 Å². The van der Waals surface area contributed by atoms with Crippen LogP contribution in [0.3, 0.4) is 0 Å². The molecule has 3 aliphatic carbocycles. The van der Waals surface area contributed by atoms with E-state index >= 15 is 0 Å². The molecule has 3 heterocycles. The minimum Gasteiger partial charge on any atom is -0.471 e. The topological polar surface area (TPSA) is 186 Å². The predicted molar refractivity (Wildman–Crippen MR) is 213 cm³/mol. The van der Waals surface area contributed by atoms with Crippen LogP contribution in [0.4, 0.5) is 4.79 Å². The molecule has 6 atom stereocenters. The molecule has 5 aliphatic rings. The monoisotopic (exact) mass is 806 g/mol. The summed E-state index contributed by atoms with van der Waals surface area (Å²) in [6, 6.07) is 5.52. The third-order valence-corrected chi connectivity index (χ3v) is 14.6. The molecule has 7 rings (SSSR count). The van der Waals surface area contributed by atoms with Crippen molar-refractivity contribution in [3.05, 3.63) is 42.6 Å². The number of nitrogens with one attached hydrogen (secondary N) is 3. The van der Waals surface area contributed by atoms with E-state index in [1.165, 1.54) is 11.0 Å². The third-order valence-electron chi connectivity index (χ3n) is 12.8. The number of nitrogens with zero attached hydrogens (tertiary/aromatic N) is 3. The zero-order valence-electron chi connectivity index (χ0n) is 33.1. The van der Waals surface area contributed by atoms with Crippen LogP contribution in [0.1, 0.15) is 122 Å². The van der Waals surface area contributed by atoms with Gasteiger partial charge in [-0.1, -0.05) is 57.2 Å². The summed E-state index contributed by atoms with van der Waals surface area (Å²) in [5.41, 5.74) is 0.467. The van der Waals surface area contributed by atoms with Crippen LogP contribution in [0.5, 0.6) is 5.88 Å². The average Bonchev–Trinajstić information content (AvgIpc) is 3.86. The first-order valence-corrected chi connectivity index (χ1v) is 22.7. The first-order chi connectivity index (χ1) is 27.5. The number of hydrogen-bond acceptors (Lipinski definition) is 10. The van der Waals surface area contributed by atoms with E-state index < -0.39 is 62.8 Å². The van der Waals surface area contributed by atoms with E-state index in [4.69, 9.17) is 19.4 Å². The average molecular weight is 807 g/mol. The molecule has 15 heteroatoms. The van der Waals surface area contributed by atoms with Crippen molar-refractivity contribution >= 4 is 44.9 Å². The van der Waals surface area contributed by atoms with Gasteiger partial charge in [-0.25, -0.2) is 23.2 Å². The van der Waals surface area contributed by atoms with Crippen LogP contribution >= 0.6 is 0 Å². The first-order valence-electron chi connectivity index (χ1n) is 21.2. The van der Waals surface area contributed by atoms with Gasteiger partial charge >= 0.3 is 6.09 Å². The number of rotatable bonds is 9. The minimum absolute atomic E-state index is 0.0123. The number of benzene rings is 1. The molecule has 2 aromatic rings. The standard InChI is InChI=1S/C42H58N6O8S/c1-3-24-42(4-2,40(51)47-57(53,54)30-22-23-30)46-37(49)34-25-29-26-48(34)39(50)36(28-15-8-5-9-16-28)45-41(52)56-35-21-13-17-27(35)14-7-6-10-20-33-38(55-29)44-32-19-12-11-18-31(32)43-33/h3,11-12,18-19,27-30,34-36H,1,4-10,13-17,20-26H2,2H3,(H,45,52)(H,46,49)(H,47,51). The van der Waals surface area contributed by atoms with Crippen LogP contribution in [0.25, 0.3) is 11.0 Å². The van der Waals surface area contributed by atoms with Gasteiger partial charge in [-0.3, -0.25) is 19.1 Å². The minimum atomic E-state index is -3.93. The molecule has 0 radical (unpaired) electrons. The van der Waals surface area contributed by atoms with E-state index in [0.29, 0.717) is 36.4 Å². The number of aryl methyl sites for hydroxylation is 1. The van der Waals surface area contributed by atoms with Gasteiger partial charge < -0.3 is 25.0 Å². The Hall–Kier alpha value is -4.27. The van der Waals surface area contributed by atoms with Gasteiger partial charge in [0.1, 0.15) is 35.5 Å². The van der Waals surface area contributed by atoms with E-state index in [0.717, 1.165) is 82.6 Å². The summed E-state index contributed by atoms with van der Waals surface area (Å²) in [5, 5.41) is 5.22. The molecule has 4 fully saturated rings. The van der Waals surface area contributed by atoms with Gasteiger partial charge in [0, 0.05) is 6.42 Å². The number of para-hydroxylation sites is 2. The van der Waals surface area contributed by atoms with Crippen molar-refractivity contribution in [2.75, 3.05) is 6.54 Å². The van der Waals surface area contributed by atoms with Gasteiger partial charge in [0.15, 0.2) is 0 Å². The lowest BCUT2D eigenvalue weighted by Gasteiger charge is -2.36.